The van der Waals surface area contributed by atoms with E-state index in [2.05, 4.69) is 24.3 Å². The highest BCUT2D eigenvalue weighted by Crippen LogP contribution is 2.21. The van der Waals surface area contributed by atoms with E-state index in [1.807, 2.05) is 30.3 Å². The third kappa shape index (κ3) is 2.58. The van der Waals surface area contributed by atoms with Crippen molar-refractivity contribution in [3.63, 3.8) is 0 Å². The van der Waals surface area contributed by atoms with Gasteiger partial charge in [0.2, 0.25) is 0 Å². The van der Waals surface area contributed by atoms with Gasteiger partial charge in [0.25, 0.3) is 0 Å². The van der Waals surface area contributed by atoms with Crippen molar-refractivity contribution in [2.24, 2.45) is 0 Å². The first-order valence-electron chi connectivity index (χ1n) is 4.59. The first-order valence-corrected chi connectivity index (χ1v) is 4.59. The number of rotatable bonds is 2. The molecule has 0 saturated heterocycles. The molecule has 2 rings (SSSR count). The van der Waals surface area contributed by atoms with Crippen molar-refractivity contribution in [2.45, 2.75) is 0 Å². The number of hydrogen-bond acceptors (Lipinski definition) is 2. The molecule has 0 aromatic heterocycles. The molecule has 2 nitrogen and oxygen atoms in total. The van der Waals surface area contributed by atoms with Crippen LogP contribution in [-0.2, 0) is 0 Å². The second-order valence-corrected chi connectivity index (χ2v) is 3.09. The fourth-order valence-corrected chi connectivity index (χ4v) is 1.41. The van der Waals surface area contributed by atoms with E-state index in [0.717, 1.165) is 5.75 Å². The zero-order valence-electron chi connectivity index (χ0n) is 8.81. The maximum absolute atomic E-state index is 5.11. The molecule has 0 atom stereocenters. The van der Waals surface area contributed by atoms with E-state index in [9.17, 15) is 0 Å². The second-order valence-electron chi connectivity index (χ2n) is 3.09. The number of ether oxygens (including phenoxy) is 1. The van der Waals surface area contributed by atoms with Crippen LogP contribution in [0.25, 0.3) is 11.1 Å². The van der Waals surface area contributed by atoms with Crippen molar-refractivity contribution in [3.8, 4) is 16.9 Å². The predicted octanol–water partition coefficient (Wildman–Crippen LogP) is 3.52. The van der Waals surface area contributed by atoms with Crippen LogP contribution in [0.15, 0.2) is 54.6 Å². The van der Waals surface area contributed by atoms with Crippen LogP contribution in [-0.4, -0.2) is 7.11 Å². The number of methoxy groups -OCH3 is 1. The van der Waals surface area contributed by atoms with Gasteiger partial charge in [-0.3, -0.25) is 0 Å². The van der Waals surface area contributed by atoms with Gasteiger partial charge in [-0.15, -0.1) is 0 Å². The fourth-order valence-electron chi connectivity index (χ4n) is 1.41. The molecule has 0 fully saturated rings. The summed E-state index contributed by atoms with van der Waals surface area (Å²) in [7, 11) is 1.68. The molecule has 0 aliphatic rings. The van der Waals surface area contributed by atoms with E-state index in [1.165, 1.54) is 11.1 Å². The van der Waals surface area contributed by atoms with Crippen molar-refractivity contribution < 1.29 is 4.74 Å². The molecule has 0 radical (unpaired) electrons. The van der Waals surface area contributed by atoms with Gasteiger partial charge in [-0.05, 0) is 23.3 Å². The molecule has 0 bridgehead atoms. The van der Waals surface area contributed by atoms with E-state index < -0.39 is 0 Å². The summed E-state index contributed by atoms with van der Waals surface area (Å²) in [6.45, 7) is 0. The molecular weight excluding hydrogens is 186 g/mol. The Morgan fingerprint density at radius 3 is 1.80 bits per heavy atom. The summed E-state index contributed by atoms with van der Waals surface area (Å²) < 4.78 is 5.11. The molecule has 0 amide bonds. The zero-order chi connectivity index (χ0) is 9.80. The largest absolute Gasteiger partial charge is 0.497 e. The van der Waals surface area contributed by atoms with Gasteiger partial charge in [-0.2, -0.15) is 0 Å². The molecule has 15 heavy (non-hydrogen) atoms. The average molecular weight is 201 g/mol. The standard InChI is InChI=1S/C13H12O.H3N/c1-14-13-9-7-12(8-10-13)11-5-3-2-4-6-11;/h2-10H,1H3;1H3. The monoisotopic (exact) mass is 201 g/mol. The molecule has 0 aliphatic heterocycles. The lowest BCUT2D eigenvalue weighted by Crippen LogP contribution is -1.82. The Hall–Kier alpha value is -1.80. The summed E-state index contributed by atoms with van der Waals surface area (Å²) in [6, 6.07) is 18.4. The summed E-state index contributed by atoms with van der Waals surface area (Å²) in [4.78, 5) is 0. The molecule has 78 valence electrons. The van der Waals surface area contributed by atoms with E-state index >= 15 is 0 Å². The molecule has 0 aliphatic carbocycles. The Morgan fingerprint density at radius 1 is 0.733 bits per heavy atom. The van der Waals surface area contributed by atoms with Gasteiger partial charge in [0.15, 0.2) is 0 Å². The fraction of sp³-hybridized carbons (Fsp3) is 0.0769. The van der Waals surface area contributed by atoms with E-state index in [0.29, 0.717) is 0 Å². The van der Waals surface area contributed by atoms with Gasteiger partial charge >= 0.3 is 0 Å². The summed E-state index contributed by atoms with van der Waals surface area (Å²) >= 11 is 0. The molecule has 2 aromatic rings. The minimum absolute atomic E-state index is 0. The zero-order valence-corrected chi connectivity index (χ0v) is 8.81. The van der Waals surface area contributed by atoms with Gasteiger partial charge in [0.1, 0.15) is 5.75 Å². The van der Waals surface area contributed by atoms with Crippen molar-refractivity contribution in [2.75, 3.05) is 7.11 Å². The van der Waals surface area contributed by atoms with Gasteiger partial charge in [-0.25, -0.2) is 0 Å². The Bertz CT molecular complexity index is 395. The van der Waals surface area contributed by atoms with Crippen molar-refractivity contribution >= 4 is 0 Å². The molecule has 2 aromatic carbocycles. The maximum atomic E-state index is 5.11. The molecule has 0 unspecified atom stereocenters. The van der Waals surface area contributed by atoms with Crippen molar-refractivity contribution in [3.05, 3.63) is 54.6 Å². The van der Waals surface area contributed by atoms with Crippen LogP contribution >= 0.6 is 0 Å². The Morgan fingerprint density at radius 2 is 1.27 bits per heavy atom. The van der Waals surface area contributed by atoms with Crippen LogP contribution in [0.5, 0.6) is 5.75 Å². The van der Waals surface area contributed by atoms with Crippen LogP contribution in [0, 0.1) is 0 Å². The molecule has 3 N–H and O–H groups in total. The predicted molar refractivity (Wildman–Crippen MR) is 63.5 cm³/mol. The van der Waals surface area contributed by atoms with Crippen molar-refractivity contribution in [1.29, 1.82) is 0 Å². The highest BCUT2D eigenvalue weighted by Gasteiger charge is 1.95. The third-order valence-electron chi connectivity index (χ3n) is 2.20. The van der Waals surface area contributed by atoms with Crippen LogP contribution in [0.2, 0.25) is 0 Å². The van der Waals surface area contributed by atoms with E-state index in [-0.39, 0.29) is 6.15 Å². The molecular formula is C13H15NO. The Kier molecular flexibility index (Phi) is 3.89. The average Bonchev–Trinajstić information content (AvgIpc) is 2.30. The lowest BCUT2D eigenvalue weighted by atomic mass is 10.1. The summed E-state index contributed by atoms with van der Waals surface area (Å²) in [5.41, 5.74) is 2.45. The van der Waals surface area contributed by atoms with Gasteiger partial charge in [-0.1, -0.05) is 42.5 Å². The Balaban J connectivity index is 0.00000112. The van der Waals surface area contributed by atoms with Crippen LogP contribution in [0.3, 0.4) is 0 Å². The van der Waals surface area contributed by atoms with Gasteiger partial charge < -0.3 is 10.9 Å². The molecule has 0 heterocycles. The first-order chi connectivity index (χ1) is 6.90. The first kappa shape index (κ1) is 11.3. The topological polar surface area (TPSA) is 44.2 Å². The number of hydrogen-bond donors (Lipinski definition) is 1. The van der Waals surface area contributed by atoms with Crippen LogP contribution in [0.1, 0.15) is 0 Å². The summed E-state index contributed by atoms with van der Waals surface area (Å²) in [6.07, 6.45) is 0. The third-order valence-corrected chi connectivity index (χ3v) is 2.20. The highest BCUT2D eigenvalue weighted by molar-refractivity contribution is 5.63. The SMILES string of the molecule is COc1ccc(-c2ccccc2)cc1.N. The lowest BCUT2D eigenvalue weighted by molar-refractivity contribution is 0.415. The number of benzene rings is 2. The normalized spacial score (nSPS) is 9.13. The summed E-state index contributed by atoms with van der Waals surface area (Å²) in [5.74, 6) is 0.893. The minimum atomic E-state index is 0. The second kappa shape index (κ2) is 5.17. The molecule has 2 heteroatoms. The van der Waals surface area contributed by atoms with Gasteiger partial charge in [0.05, 0.1) is 7.11 Å². The molecule has 0 spiro atoms. The maximum Gasteiger partial charge on any atom is 0.118 e. The lowest BCUT2D eigenvalue weighted by Gasteiger charge is -2.02. The van der Waals surface area contributed by atoms with Crippen LogP contribution in [0.4, 0.5) is 0 Å². The Labute approximate surface area is 90.1 Å². The quantitative estimate of drug-likeness (QED) is 0.807. The van der Waals surface area contributed by atoms with E-state index in [4.69, 9.17) is 4.74 Å². The smallest absolute Gasteiger partial charge is 0.118 e. The summed E-state index contributed by atoms with van der Waals surface area (Å²) in [5, 5.41) is 0. The van der Waals surface area contributed by atoms with Crippen molar-refractivity contribution in [1.82, 2.24) is 6.15 Å². The molecule has 0 saturated carbocycles. The van der Waals surface area contributed by atoms with Crippen LogP contribution < -0.4 is 10.9 Å². The van der Waals surface area contributed by atoms with Gasteiger partial charge in [0, 0.05) is 0 Å². The highest BCUT2D eigenvalue weighted by atomic mass is 16.5. The minimum Gasteiger partial charge on any atom is -0.497 e. The van der Waals surface area contributed by atoms with E-state index in [1.54, 1.807) is 7.11 Å².